The van der Waals surface area contributed by atoms with Crippen LogP contribution in [0.15, 0.2) is 82.0 Å². The maximum absolute atomic E-state index is 12.9. The zero-order valence-electron chi connectivity index (χ0n) is 15.6. The van der Waals surface area contributed by atoms with E-state index >= 15 is 0 Å². The molecule has 0 bridgehead atoms. The second-order valence-electron chi connectivity index (χ2n) is 6.50. The van der Waals surface area contributed by atoms with E-state index in [1.807, 2.05) is 18.2 Å². The first kappa shape index (κ1) is 19.2. The molecular formula is C23H16FNO5. The van der Waals surface area contributed by atoms with Crippen molar-refractivity contribution in [1.29, 1.82) is 0 Å². The van der Waals surface area contributed by atoms with Crippen LogP contribution in [0.25, 0.3) is 22.3 Å². The van der Waals surface area contributed by atoms with Crippen molar-refractivity contribution >= 4 is 22.6 Å². The summed E-state index contributed by atoms with van der Waals surface area (Å²) in [6.07, 6.45) is 0. The highest BCUT2D eigenvalue weighted by Crippen LogP contribution is 2.31. The van der Waals surface area contributed by atoms with Crippen molar-refractivity contribution in [2.24, 2.45) is 0 Å². The number of halogens is 1. The first-order valence-corrected chi connectivity index (χ1v) is 9.04. The molecule has 0 atom stereocenters. The van der Waals surface area contributed by atoms with Gasteiger partial charge in [-0.2, -0.15) is 0 Å². The molecule has 2 N–H and O–H groups in total. The molecule has 150 valence electrons. The van der Waals surface area contributed by atoms with Crippen LogP contribution in [-0.2, 0) is 4.79 Å². The van der Waals surface area contributed by atoms with Gasteiger partial charge in [0, 0.05) is 29.4 Å². The average Bonchev–Trinajstić information content (AvgIpc) is 2.74. The number of phenolic OH excluding ortho intramolecular Hbond substituents is 1. The first-order chi connectivity index (χ1) is 14.5. The molecule has 1 aromatic heterocycles. The largest absolute Gasteiger partial charge is 0.507 e. The van der Waals surface area contributed by atoms with Gasteiger partial charge in [0.05, 0.1) is 0 Å². The number of ether oxygens (including phenoxy) is 1. The van der Waals surface area contributed by atoms with Gasteiger partial charge in [0.1, 0.15) is 34.0 Å². The number of aromatic hydroxyl groups is 1. The Kier molecular flexibility index (Phi) is 5.17. The van der Waals surface area contributed by atoms with E-state index in [0.717, 1.165) is 0 Å². The summed E-state index contributed by atoms with van der Waals surface area (Å²) >= 11 is 0. The molecule has 0 saturated carbocycles. The average molecular weight is 405 g/mol. The Morgan fingerprint density at radius 1 is 1.03 bits per heavy atom. The van der Waals surface area contributed by atoms with Gasteiger partial charge in [0.2, 0.25) is 0 Å². The van der Waals surface area contributed by atoms with Gasteiger partial charge >= 0.3 is 0 Å². The summed E-state index contributed by atoms with van der Waals surface area (Å²) in [7, 11) is 0. The van der Waals surface area contributed by atoms with Gasteiger partial charge in [-0.15, -0.1) is 0 Å². The number of nitrogens with one attached hydrogen (secondary N) is 1. The zero-order valence-corrected chi connectivity index (χ0v) is 15.6. The lowest BCUT2D eigenvalue weighted by atomic mass is 10.1. The SMILES string of the molecule is O=C(COc1cc(O)c2c(=O)cc(-c3ccccc3)oc2c1)Nc1ccc(F)cc1. The molecule has 4 rings (SSSR count). The predicted octanol–water partition coefficient (Wildman–Crippen LogP) is 4.32. The van der Waals surface area contributed by atoms with Crippen LogP contribution in [0.3, 0.4) is 0 Å². The molecule has 0 aliphatic heterocycles. The molecular weight excluding hydrogens is 389 g/mol. The van der Waals surface area contributed by atoms with E-state index in [1.54, 1.807) is 12.1 Å². The minimum Gasteiger partial charge on any atom is -0.507 e. The molecule has 0 unspecified atom stereocenters. The fourth-order valence-corrected chi connectivity index (χ4v) is 2.95. The van der Waals surface area contributed by atoms with Crippen molar-refractivity contribution in [1.82, 2.24) is 0 Å². The van der Waals surface area contributed by atoms with Crippen LogP contribution in [-0.4, -0.2) is 17.6 Å². The van der Waals surface area contributed by atoms with Gasteiger partial charge in [-0.1, -0.05) is 30.3 Å². The number of phenols is 1. The van der Waals surface area contributed by atoms with Crippen LogP contribution in [0.4, 0.5) is 10.1 Å². The molecule has 3 aromatic carbocycles. The van der Waals surface area contributed by atoms with Crippen molar-refractivity contribution in [3.63, 3.8) is 0 Å². The lowest BCUT2D eigenvalue weighted by Gasteiger charge is -2.10. The quantitative estimate of drug-likeness (QED) is 0.516. The van der Waals surface area contributed by atoms with Gasteiger partial charge < -0.3 is 19.6 Å². The summed E-state index contributed by atoms with van der Waals surface area (Å²) in [5.41, 5.74) is 0.870. The van der Waals surface area contributed by atoms with Gasteiger partial charge in [-0.05, 0) is 24.3 Å². The van der Waals surface area contributed by atoms with Gasteiger partial charge in [0.15, 0.2) is 12.0 Å². The van der Waals surface area contributed by atoms with E-state index in [1.165, 1.54) is 42.5 Å². The van der Waals surface area contributed by atoms with E-state index < -0.39 is 17.2 Å². The molecule has 0 radical (unpaired) electrons. The van der Waals surface area contributed by atoms with Crippen LogP contribution in [0, 0.1) is 5.82 Å². The summed E-state index contributed by atoms with van der Waals surface area (Å²) in [6, 6.07) is 18.4. The van der Waals surface area contributed by atoms with Crippen LogP contribution in [0.2, 0.25) is 0 Å². The monoisotopic (exact) mass is 405 g/mol. The van der Waals surface area contributed by atoms with E-state index in [4.69, 9.17) is 9.15 Å². The number of carbonyl (C=O) groups excluding carboxylic acids is 1. The molecule has 0 spiro atoms. The Balaban J connectivity index is 1.56. The summed E-state index contributed by atoms with van der Waals surface area (Å²) < 4.78 is 24.1. The maximum atomic E-state index is 12.9. The third kappa shape index (κ3) is 4.15. The maximum Gasteiger partial charge on any atom is 0.262 e. The summed E-state index contributed by atoms with van der Waals surface area (Å²) in [6.45, 7) is -0.356. The van der Waals surface area contributed by atoms with E-state index in [2.05, 4.69) is 5.32 Å². The fraction of sp³-hybridized carbons (Fsp3) is 0.0435. The third-order valence-corrected chi connectivity index (χ3v) is 4.34. The molecule has 1 heterocycles. The Morgan fingerprint density at radius 2 is 1.77 bits per heavy atom. The summed E-state index contributed by atoms with van der Waals surface area (Å²) in [5, 5.41) is 12.8. The Hall–Kier alpha value is -4.13. The molecule has 0 saturated heterocycles. The van der Waals surface area contributed by atoms with Crippen molar-refractivity contribution in [3.05, 3.63) is 88.8 Å². The summed E-state index contributed by atoms with van der Waals surface area (Å²) in [5.74, 6) is -0.691. The molecule has 6 nitrogen and oxygen atoms in total. The zero-order chi connectivity index (χ0) is 21.1. The minimum absolute atomic E-state index is 0.0257. The predicted molar refractivity (Wildman–Crippen MR) is 110 cm³/mol. The highest BCUT2D eigenvalue weighted by Gasteiger charge is 2.13. The standard InChI is InChI=1S/C23H16FNO5/c24-15-6-8-16(9-7-15)25-22(28)13-29-17-10-18(26)23-19(27)12-20(30-21(23)11-17)14-4-2-1-3-5-14/h1-12,26H,13H2,(H,25,28). The van der Waals surface area contributed by atoms with E-state index in [9.17, 15) is 19.1 Å². The highest BCUT2D eigenvalue weighted by molar-refractivity contribution is 5.92. The first-order valence-electron chi connectivity index (χ1n) is 9.04. The van der Waals surface area contributed by atoms with Crippen molar-refractivity contribution in [2.75, 3.05) is 11.9 Å². The van der Waals surface area contributed by atoms with Gasteiger partial charge in [-0.3, -0.25) is 9.59 Å². The number of benzene rings is 3. The molecule has 0 fully saturated rings. The Bertz CT molecular complexity index is 1270. The van der Waals surface area contributed by atoms with Crippen LogP contribution >= 0.6 is 0 Å². The molecule has 4 aromatic rings. The second-order valence-corrected chi connectivity index (χ2v) is 6.50. The van der Waals surface area contributed by atoms with Gasteiger partial charge in [0.25, 0.3) is 5.91 Å². The molecule has 7 heteroatoms. The van der Waals surface area contributed by atoms with Crippen molar-refractivity contribution in [3.8, 4) is 22.8 Å². The number of amides is 1. The molecule has 30 heavy (non-hydrogen) atoms. The fourth-order valence-electron chi connectivity index (χ4n) is 2.95. The number of hydrogen-bond acceptors (Lipinski definition) is 5. The normalized spacial score (nSPS) is 10.7. The van der Waals surface area contributed by atoms with Crippen molar-refractivity contribution in [2.45, 2.75) is 0 Å². The van der Waals surface area contributed by atoms with E-state index in [-0.39, 0.29) is 29.1 Å². The number of rotatable bonds is 5. The van der Waals surface area contributed by atoms with Gasteiger partial charge in [-0.25, -0.2) is 4.39 Å². The van der Waals surface area contributed by atoms with Crippen molar-refractivity contribution < 1.29 is 23.4 Å². The number of hydrogen-bond donors (Lipinski definition) is 2. The summed E-state index contributed by atoms with van der Waals surface area (Å²) in [4.78, 5) is 24.5. The number of carbonyl (C=O) groups is 1. The highest BCUT2D eigenvalue weighted by atomic mass is 19.1. The van der Waals surface area contributed by atoms with Crippen LogP contribution in [0.1, 0.15) is 0 Å². The Labute approximate surface area is 170 Å². The third-order valence-electron chi connectivity index (χ3n) is 4.34. The van der Waals surface area contributed by atoms with Crippen LogP contribution < -0.4 is 15.5 Å². The molecule has 0 aliphatic carbocycles. The second kappa shape index (κ2) is 8.08. The number of fused-ring (bicyclic) bond motifs is 1. The van der Waals surface area contributed by atoms with E-state index in [0.29, 0.717) is 17.0 Å². The Morgan fingerprint density at radius 3 is 2.50 bits per heavy atom. The van der Waals surface area contributed by atoms with Crippen LogP contribution in [0.5, 0.6) is 11.5 Å². The number of anilines is 1. The topological polar surface area (TPSA) is 88.8 Å². The lowest BCUT2D eigenvalue weighted by molar-refractivity contribution is -0.118. The lowest BCUT2D eigenvalue weighted by Crippen LogP contribution is -2.20. The minimum atomic E-state index is -0.472. The molecule has 0 aliphatic rings. The molecule has 1 amide bonds. The smallest absolute Gasteiger partial charge is 0.262 e.